The summed E-state index contributed by atoms with van der Waals surface area (Å²) in [4.78, 5) is 29.9. The van der Waals surface area contributed by atoms with E-state index in [-0.39, 0.29) is 11.9 Å². The van der Waals surface area contributed by atoms with E-state index in [1.807, 2.05) is 55.1 Å². The monoisotopic (exact) mass is 477 g/mol. The van der Waals surface area contributed by atoms with Crippen LogP contribution in [-0.4, -0.2) is 29.1 Å². The summed E-state index contributed by atoms with van der Waals surface area (Å²) in [5, 5.41) is 3.47. The summed E-state index contributed by atoms with van der Waals surface area (Å²) in [6, 6.07) is 21.0. The van der Waals surface area contributed by atoms with Gasteiger partial charge in [0.05, 0.1) is 12.2 Å². The Bertz CT molecular complexity index is 1260. The first-order valence-corrected chi connectivity index (χ1v) is 12.2. The first-order chi connectivity index (χ1) is 15.9. The maximum absolute atomic E-state index is 14.1. The van der Waals surface area contributed by atoms with Gasteiger partial charge in [0.2, 0.25) is 0 Å². The van der Waals surface area contributed by atoms with E-state index in [1.54, 1.807) is 29.2 Å². The molecular weight excluding hydrogens is 454 g/mol. The lowest BCUT2D eigenvalue weighted by Gasteiger charge is -2.33. The quantitative estimate of drug-likeness (QED) is 0.508. The molecule has 0 aliphatic carbocycles. The number of nitrogens with one attached hydrogen (secondary N) is 1. The van der Waals surface area contributed by atoms with Crippen LogP contribution >= 0.6 is 23.4 Å². The number of amides is 3. The topological polar surface area (TPSA) is 52.7 Å². The summed E-state index contributed by atoms with van der Waals surface area (Å²) < 4.78 is 0. The molecule has 3 aromatic carbocycles. The van der Waals surface area contributed by atoms with Crippen molar-refractivity contribution in [3.8, 4) is 0 Å². The molecule has 2 aliphatic heterocycles. The summed E-state index contributed by atoms with van der Waals surface area (Å²) >= 11 is 7.62. The van der Waals surface area contributed by atoms with Crippen molar-refractivity contribution in [2.24, 2.45) is 0 Å². The van der Waals surface area contributed by atoms with E-state index in [0.29, 0.717) is 29.6 Å². The highest BCUT2D eigenvalue weighted by atomic mass is 35.5. The minimum atomic E-state index is -1.08. The van der Waals surface area contributed by atoms with Crippen LogP contribution in [-0.2, 0) is 16.2 Å². The van der Waals surface area contributed by atoms with Crippen molar-refractivity contribution in [2.75, 3.05) is 22.5 Å². The fourth-order valence-corrected chi connectivity index (χ4v) is 6.28. The number of aryl methyl sites for hydroxylation is 2. The number of carbonyl (C=O) groups is 2. The molecule has 168 valence electrons. The van der Waals surface area contributed by atoms with Gasteiger partial charge in [-0.2, -0.15) is 0 Å². The van der Waals surface area contributed by atoms with E-state index in [4.69, 9.17) is 11.6 Å². The van der Waals surface area contributed by atoms with Crippen LogP contribution in [0.1, 0.15) is 22.3 Å². The third-order valence-electron chi connectivity index (χ3n) is 6.09. The molecule has 1 atom stereocenters. The van der Waals surface area contributed by atoms with Gasteiger partial charge in [-0.1, -0.05) is 65.2 Å². The van der Waals surface area contributed by atoms with Crippen LogP contribution in [0.2, 0.25) is 5.02 Å². The number of nitrogens with zero attached hydrogens (tertiary/aromatic N) is 2. The summed E-state index contributed by atoms with van der Waals surface area (Å²) in [5.41, 5.74) is 5.61. The number of urea groups is 1. The zero-order chi connectivity index (χ0) is 23.2. The summed E-state index contributed by atoms with van der Waals surface area (Å²) in [5.74, 6) is 0.605. The minimum Gasteiger partial charge on any atom is -0.308 e. The van der Waals surface area contributed by atoms with E-state index >= 15 is 0 Å². The molecule has 1 spiro atoms. The third-order valence-corrected chi connectivity index (χ3v) is 7.75. The number of halogens is 1. The van der Waals surface area contributed by atoms with Gasteiger partial charge in [0.1, 0.15) is 0 Å². The molecule has 2 aliphatic rings. The molecule has 1 N–H and O–H groups in total. The predicted octanol–water partition coefficient (Wildman–Crippen LogP) is 5.94. The molecule has 33 heavy (non-hydrogen) atoms. The first-order valence-electron chi connectivity index (χ1n) is 10.9. The second-order valence-electron chi connectivity index (χ2n) is 8.49. The number of anilines is 2. The Morgan fingerprint density at radius 1 is 1.06 bits per heavy atom. The van der Waals surface area contributed by atoms with E-state index in [2.05, 4.69) is 11.4 Å². The second-order valence-corrected chi connectivity index (χ2v) is 10.2. The van der Waals surface area contributed by atoms with Gasteiger partial charge in [0, 0.05) is 28.6 Å². The van der Waals surface area contributed by atoms with Crippen LogP contribution in [0.25, 0.3) is 0 Å². The van der Waals surface area contributed by atoms with E-state index < -0.39 is 4.87 Å². The highest BCUT2D eigenvalue weighted by Gasteiger charge is 2.59. The second kappa shape index (κ2) is 8.43. The Morgan fingerprint density at radius 2 is 1.85 bits per heavy atom. The Kier molecular flexibility index (Phi) is 5.59. The molecule has 1 unspecified atom stereocenters. The fraction of sp³-hybridized carbons (Fsp3) is 0.231. The molecule has 1 saturated heterocycles. The zero-order valence-electron chi connectivity index (χ0n) is 18.5. The number of benzene rings is 3. The fourth-order valence-electron chi connectivity index (χ4n) is 4.64. The van der Waals surface area contributed by atoms with Crippen LogP contribution in [0.15, 0.2) is 66.7 Å². The summed E-state index contributed by atoms with van der Waals surface area (Å²) in [7, 11) is 0. The minimum absolute atomic E-state index is 0.0756. The molecular formula is C26H24ClN3O2S. The van der Waals surface area contributed by atoms with Gasteiger partial charge in [-0.15, -0.1) is 11.8 Å². The van der Waals surface area contributed by atoms with Crippen molar-refractivity contribution in [1.82, 2.24) is 4.90 Å². The van der Waals surface area contributed by atoms with Crippen molar-refractivity contribution < 1.29 is 9.59 Å². The van der Waals surface area contributed by atoms with Crippen molar-refractivity contribution in [3.05, 3.63) is 94.0 Å². The molecule has 0 bridgehead atoms. The number of hydrogen-bond donors (Lipinski definition) is 1. The van der Waals surface area contributed by atoms with Gasteiger partial charge in [0.25, 0.3) is 5.91 Å². The van der Waals surface area contributed by atoms with Crippen molar-refractivity contribution in [2.45, 2.75) is 25.3 Å². The van der Waals surface area contributed by atoms with Gasteiger partial charge in [-0.3, -0.25) is 9.69 Å². The lowest BCUT2D eigenvalue weighted by Crippen LogP contribution is -2.51. The smallest absolute Gasteiger partial charge is 0.308 e. The molecule has 3 aromatic rings. The van der Waals surface area contributed by atoms with Crippen molar-refractivity contribution >= 4 is 46.7 Å². The van der Waals surface area contributed by atoms with Crippen molar-refractivity contribution in [1.29, 1.82) is 0 Å². The number of fused-ring (bicyclic) bond motifs is 2. The highest BCUT2D eigenvalue weighted by Crippen LogP contribution is 2.54. The standard InChI is InChI=1S/C26H24ClN3O2S/c1-17-5-3-6-19(13-17)16-29-23-10-9-18(2)14-22(23)26(24(29)31)30(11-12-33-26)25(32)28-21-8-4-7-20(27)15-21/h3-10,13-15H,11-12,16H2,1-2H3,(H,28,32). The average Bonchev–Trinajstić information content (AvgIpc) is 3.31. The van der Waals surface area contributed by atoms with Crippen LogP contribution in [0.3, 0.4) is 0 Å². The van der Waals surface area contributed by atoms with Crippen LogP contribution in [0, 0.1) is 13.8 Å². The number of thioether (sulfide) groups is 1. The highest BCUT2D eigenvalue weighted by molar-refractivity contribution is 8.01. The average molecular weight is 478 g/mol. The Morgan fingerprint density at radius 3 is 2.64 bits per heavy atom. The third kappa shape index (κ3) is 3.77. The van der Waals surface area contributed by atoms with Gasteiger partial charge >= 0.3 is 6.03 Å². The van der Waals surface area contributed by atoms with Crippen LogP contribution in [0.5, 0.6) is 0 Å². The lowest BCUT2D eigenvalue weighted by molar-refractivity contribution is -0.123. The molecule has 7 heteroatoms. The number of hydrogen-bond acceptors (Lipinski definition) is 3. The van der Waals surface area contributed by atoms with Gasteiger partial charge < -0.3 is 10.2 Å². The lowest BCUT2D eigenvalue weighted by atomic mass is 10.0. The largest absolute Gasteiger partial charge is 0.323 e. The van der Waals surface area contributed by atoms with E-state index in [0.717, 1.165) is 27.9 Å². The van der Waals surface area contributed by atoms with Crippen LogP contribution < -0.4 is 10.2 Å². The zero-order valence-corrected chi connectivity index (χ0v) is 20.0. The normalized spacial score (nSPS) is 19.3. The number of carbonyl (C=O) groups excluding carboxylic acids is 2. The molecule has 3 amide bonds. The Balaban J connectivity index is 1.54. The van der Waals surface area contributed by atoms with E-state index in [9.17, 15) is 9.59 Å². The number of rotatable bonds is 3. The maximum Gasteiger partial charge on any atom is 0.323 e. The molecule has 5 rings (SSSR count). The Labute approximate surface area is 202 Å². The molecule has 1 fully saturated rings. The van der Waals surface area contributed by atoms with Gasteiger partial charge in [-0.25, -0.2) is 4.79 Å². The van der Waals surface area contributed by atoms with Gasteiger partial charge in [-0.05, 0) is 43.7 Å². The molecule has 0 radical (unpaired) electrons. The SMILES string of the molecule is Cc1cccc(CN2C(=O)C3(SCCN3C(=O)Nc3cccc(Cl)c3)c3cc(C)ccc32)c1. The van der Waals surface area contributed by atoms with Crippen LogP contribution in [0.4, 0.5) is 16.2 Å². The molecule has 0 saturated carbocycles. The first kappa shape index (κ1) is 21.9. The molecule has 5 nitrogen and oxygen atoms in total. The maximum atomic E-state index is 14.1. The Hall–Kier alpha value is -2.96. The summed E-state index contributed by atoms with van der Waals surface area (Å²) in [6.07, 6.45) is 0. The van der Waals surface area contributed by atoms with E-state index in [1.165, 1.54) is 11.8 Å². The van der Waals surface area contributed by atoms with Gasteiger partial charge in [0.15, 0.2) is 4.87 Å². The predicted molar refractivity (Wildman–Crippen MR) is 135 cm³/mol. The summed E-state index contributed by atoms with van der Waals surface area (Å²) in [6.45, 7) is 5.00. The molecule has 2 heterocycles. The molecule has 0 aromatic heterocycles. The van der Waals surface area contributed by atoms with Crippen molar-refractivity contribution in [3.63, 3.8) is 0 Å².